The highest BCUT2D eigenvalue weighted by molar-refractivity contribution is 5.78. The SMILES string of the molecule is CN(C)C(=O)CN1CCCN(C(=O)CCc2nc(C(C)(C)C)no2)CC1. The lowest BCUT2D eigenvalue weighted by Crippen LogP contribution is -2.39. The molecule has 2 rings (SSSR count). The number of carbonyl (C=O) groups excluding carboxylic acids is 2. The molecule has 1 aromatic rings. The molecule has 0 unspecified atom stereocenters. The van der Waals surface area contributed by atoms with E-state index in [0.717, 1.165) is 26.1 Å². The van der Waals surface area contributed by atoms with E-state index in [-0.39, 0.29) is 17.2 Å². The third-order valence-electron chi connectivity index (χ3n) is 4.49. The summed E-state index contributed by atoms with van der Waals surface area (Å²) in [6.07, 6.45) is 1.70. The van der Waals surface area contributed by atoms with E-state index in [2.05, 4.69) is 15.0 Å². The predicted molar refractivity (Wildman–Crippen MR) is 97.7 cm³/mol. The zero-order valence-electron chi connectivity index (χ0n) is 16.6. The second kappa shape index (κ2) is 8.62. The van der Waals surface area contributed by atoms with Crippen LogP contribution in [-0.4, -0.2) is 83.5 Å². The second-order valence-electron chi connectivity index (χ2n) is 8.06. The Morgan fingerprint density at radius 3 is 2.50 bits per heavy atom. The third-order valence-corrected chi connectivity index (χ3v) is 4.49. The van der Waals surface area contributed by atoms with Crippen LogP contribution in [-0.2, 0) is 21.4 Å². The van der Waals surface area contributed by atoms with Gasteiger partial charge in [0.1, 0.15) is 0 Å². The van der Waals surface area contributed by atoms with Crippen LogP contribution in [0, 0.1) is 0 Å². The monoisotopic (exact) mass is 365 g/mol. The quantitative estimate of drug-likeness (QED) is 0.772. The topological polar surface area (TPSA) is 82.8 Å². The molecule has 8 nitrogen and oxygen atoms in total. The van der Waals surface area contributed by atoms with Crippen molar-refractivity contribution >= 4 is 11.8 Å². The zero-order valence-corrected chi connectivity index (χ0v) is 16.6. The lowest BCUT2D eigenvalue weighted by atomic mass is 9.96. The molecule has 0 spiro atoms. The molecule has 0 aromatic carbocycles. The van der Waals surface area contributed by atoms with Gasteiger partial charge >= 0.3 is 0 Å². The normalized spacial score (nSPS) is 16.4. The van der Waals surface area contributed by atoms with Crippen LogP contribution in [0.2, 0.25) is 0 Å². The van der Waals surface area contributed by atoms with Crippen LogP contribution < -0.4 is 0 Å². The van der Waals surface area contributed by atoms with Gasteiger partial charge < -0.3 is 14.3 Å². The summed E-state index contributed by atoms with van der Waals surface area (Å²) in [7, 11) is 3.52. The number of hydrogen-bond acceptors (Lipinski definition) is 6. The van der Waals surface area contributed by atoms with Crippen molar-refractivity contribution in [1.29, 1.82) is 0 Å². The van der Waals surface area contributed by atoms with Crippen molar-refractivity contribution in [1.82, 2.24) is 24.8 Å². The average Bonchev–Trinajstić information content (AvgIpc) is 2.93. The van der Waals surface area contributed by atoms with Crippen molar-refractivity contribution in [3.63, 3.8) is 0 Å². The molecule has 1 aromatic heterocycles. The van der Waals surface area contributed by atoms with E-state index in [0.29, 0.717) is 37.6 Å². The number of nitrogens with zero attached hydrogens (tertiary/aromatic N) is 5. The Balaban J connectivity index is 1.81. The van der Waals surface area contributed by atoms with Crippen LogP contribution in [0.25, 0.3) is 0 Å². The summed E-state index contributed by atoms with van der Waals surface area (Å²) in [6.45, 7) is 9.41. The maximum absolute atomic E-state index is 12.5. The molecule has 2 amide bonds. The first-order valence-electron chi connectivity index (χ1n) is 9.20. The lowest BCUT2D eigenvalue weighted by molar-refractivity contribution is -0.131. The largest absolute Gasteiger partial charge is 0.348 e. The number of hydrogen-bond donors (Lipinski definition) is 0. The number of aromatic nitrogens is 2. The predicted octanol–water partition coefficient (Wildman–Crippen LogP) is 0.922. The Bertz CT molecular complexity index is 621. The van der Waals surface area contributed by atoms with Gasteiger partial charge in [-0.1, -0.05) is 25.9 Å². The minimum absolute atomic E-state index is 0.0934. The number of aryl methyl sites for hydroxylation is 1. The molecule has 146 valence electrons. The summed E-state index contributed by atoms with van der Waals surface area (Å²) in [5, 5.41) is 3.99. The van der Waals surface area contributed by atoms with Gasteiger partial charge in [0.15, 0.2) is 5.82 Å². The Morgan fingerprint density at radius 2 is 1.88 bits per heavy atom. The van der Waals surface area contributed by atoms with Gasteiger partial charge in [0, 0.05) is 58.5 Å². The Hall–Kier alpha value is -1.96. The van der Waals surface area contributed by atoms with E-state index in [4.69, 9.17) is 4.52 Å². The molecule has 0 bridgehead atoms. The first-order chi connectivity index (χ1) is 12.2. The highest BCUT2D eigenvalue weighted by Gasteiger charge is 2.23. The Kier molecular flexibility index (Phi) is 6.75. The fourth-order valence-electron chi connectivity index (χ4n) is 2.74. The van der Waals surface area contributed by atoms with Crippen molar-refractivity contribution in [2.75, 3.05) is 46.8 Å². The highest BCUT2D eigenvalue weighted by Crippen LogP contribution is 2.19. The summed E-state index contributed by atoms with van der Waals surface area (Å²) in [5.41, 5.74) is -0.163. The van der Waals surface area contributed by atoms with E-state index in [9.17, 15) is 9.59 Å². The molecule has 0 saturated carbocycles. The van der Waals surface area contributed by atoms with Crippen LogP contribution >= 0.6 is 0 Å². The molecule has 1 aliphatic rings. The minimum atomic E-state index is -0.163. The maximum atomic E-state index is 12.5. The van der Waals surface area contributed by atoms with Crippen molar-refractivity contribution < 1.29 is 14.1 Å². The van der Waals surface area contributed by atoms with Gasteiger partial charge in [-0.05, 0) is 6.42 Å². The van der Waals surface area contributed by atoms with Gasteiger partial charge in [0.2, 0.25) is 17.7 Å². The molecule has 26 heavy (non-hydrogen) atoms. The van der Waals surface area contributed by atoms with Gasteiger partial charge in [0.05, 0.1) is 6.54 Å². The molecule has 1 aliphatic heterocycles. The van der Waals surface area contributed by atoms with Crippen LogP contribution in [0.5, 0.6) is 0 Å². The van der Waals surface area contributed by atoms with E-state index in [1.54, 1.807) is 19.0 Å². The van der Waals surface area contributed by atoms with Gasteiger partial charge in [-0.3, -0.25) is 14.5 Å². The highest BCUT2D eigenvalue weighted by atomic mass is 16.5. The van der Waals surface area contributed by atoms with Crippen LogP contribution in [0.1, 0.15) is 45.3 Å². The van der Waals surface area contributed by atoms with E-state index >= 15 is 0 Å². The van der Waals surface area contributed by atoms with Crippen LogP contribution in [0.15, 0.2) is 4.52 Å². The average molecular weight is 365 g/mol. The summed E-state index contributed by atoms with van der Waals surface area (Å²) in [6, 6.07) is 0. The molecule has 2 heterocycles. The smallest absolute Gasteiger partial charge is 0.236 e. The molecular formula is C18H31N5O3. The van der Waals surface area contributed by atoms with Gasteiger partial charge in [0.25, 0.3) is 0 Å². The molecular weight excluding hydrogens is 334 g/mol. The third kappa shape index (κ3) is 5.79. The number of likely N-dealkylation sites (N-methyl/N-ethyl adjacent to an activating group) is 1. The van der Waals surface area contributed by atoms with Crippen molar-refractivity contribution in [3.05, 3.63) is 11.7 Å². The van der Waals surface area contributed by atoms with Gasteiger partial charge in [-0.15, -0.1) is 0 Å². The van der Waals surface area contributed by atoms with Crippen molar-refractivity contribution in [2.24, 2.45) is 0 Å². The Labute approximate surface area is 155 Å². The van der Waals surface area contributed by atoms with E-state index in [1.807, 2.05) is 25.7 Å². The van der Waals surface area contributed by atoms with Crippen molar-refractivity contribution in [3.8, 4) is 0 Å². The molecule has 8 heteroatoms. The van der Waals surface area contributed by atoms with Crippen LogP contribution in [0.3, 0.4) is 0 Å². The standard InChI is InChI=1S/C18H31N5O3/c1-18(2,3)17-19-14(26-20-17)7-8-15(24)23-10-6-9-22(11-12-23)13-16(25)21(4)5/h6-13H2,1-5H3. The first kappa shape index (κ1) is 20.4. The first-order valence-corrected chi connectivity index (χ1v) is 9.20. The molecule has 0 radical (unpaired) electrons. The van der Waals surface area contributed by atoms with E-state index in [1.165, 1.54) is 0 Å². The molecule has 1 saturated heterocycles. The molecule has 1 fully saturated rings. The van der Waals surface area contributed by atoms with Crippen LogP contribution in [0.4, 0.5) is 0 Å². The summed E-state index contributed by atoms with van der Waals surface area (Å²) < 4.78 is 5.25. The lowest BCUT2D eigenvalue weighted by Gasteiger charge is -2.22. The molecule has 0 N–H and O–H groups in total. The minimum Gasteiger partial charge on any atom is -0.348 e. The van der Waals surface area contributed by atoms with Crippen molar-refractivity contribution in [2.45, 2.75) is 45.4 Å². The fourth-order valence-corrected chi connectivity index (χ4v) is 2.74. The molecule has 0 atom stereocenters. The summed E-state index contributed by atoms with van der Waals surface area (Å²) in [4.78, 5) is 34.3. The number of amides is 2. The maximum Gasteiger partial charge on any atom is 0.236 e. The summed E-state index contributed by atoms with van der Waals surface area (Å²) >= 11 is 0. The number of carbonyl (C=O) groups is 2. The molecule has 0 aliphatic carbocycles. The fraction of sp³-hybridized carbons (Fsp3) is 0.778. The second-order valence-corrected chi connectivity index (χ2v) is 8.06. The summed E-state index contributed by atoms with van der Waals surface area (Å²) in [5.74, 6) is 1.37. The Morgan fingerprint density at radius 1 is 1.15 bits per heavy atom. The van der Waals surface area contributed by atoms with Gasteiger partial charge in [-0.25, -0.2) is 0 Å². The van der Waals surface area contributed by atoms with E-state index < -0.39 is 0 Å². The van der Waals surface area contributed by atoms with Gasteiger partial charge in [-0.2, -0.15) is 4.98 Å². The number of rotatable bonds is 5. The zero-order chi connectivity index (χ0) is 19.3.